The highest BCUT2D eigenvalue weighted by Gasteiger charge is 2.40. The topological polar surface area (TPSA) is 105 Å². The SMILES string of the molecule is CCOC(N)(CS(=O)(=O)CC(N)(OCC)c1ccccc1)c1ccccc1. The van der Waals surface area contributed by atoms with E-state index in [1.54, 1.807) is 62.4 Å². The van der Waals surface area contributed by atoms with Crippen molar-refractivity contribution in [2.75, 3.05) is 24.7 Å². The number of hydrogen-bond acceptors (Lipinski definition) is 6. The van der Waals surface area contributed by atoms with E-state index in [9.17, 15) is 8.42 Å². The minimum atomic E-state index is -3.74. The summed E-state index contributed by atoms with van der Waals surface area (Å²) >= 11 is 0. The fraction of sp³-hybridized carbons (Fsp3) is 0.400. The second-order valence-electron chi connectivity index (χ2n) is 6.41. The van der Waals surface area contributed by atoms with Gasteiger partial charge in [0.1, 0.15) is 0 Å². The molecule has 2 atom stereocenters. The molecule has 2 aromatic rings. The smallest absolute Gasteiger partial charge is 0.159 e. The Morgan fingerprint density at radius 3 is 1.37 bits per heavy atom. The maximum Gasteiger partial charge on any atom is 0.159 e. The molecule has 0 aliphatic heterocycles. The molecule has 0 aliphatic carbocycles. The number of sulfone groups is 1. The Labute approximate surface area is 161 Å². The Hall–Kier alpha value is -1.77. The molecule has 27 heavy (non-hydrogen) atoms. The lowest BCUT2D eigenvalue weighted by atomic mass is 10.1. The van der Waals surface area contributed by atoms with Crippen molar-refractivity contribution in [2.24, 2.45) is 11.5 Å². The van der Waals surface area contributed by atoms with Crippen LogP contribution < -0.4 is 11.5 Å². The van der Waals surface area contributed by atoms with Gasteiger partial charge in [0.15, 0.2) is 21.3 Å². The molecule has 2 unspecified atom stereocenters. The molecular weight excluding hydrogens is 364 g/mol. The van der Waals surface area contributed by atoms with Gasteiger partial charge in [-0.25, -0.2) is 8.42 Å². The molecule has 0 bridgehead atoms. The fourth-order valence-corrected chi connectivity index (χ4v) is 4.99. The second kappa shape index (κ2) is 8.95. The van der Waals surface area contributed by atoms with Crippen molar-refractivity contribution in [1.82, 2.24) is 0 Å². The highest BCUT2D eigenvalue weighted by Crippen LogP contribution is 2.27. The Morgan fingerprint density at radius 2 is 1.07 bits per heavy atom. The average molecular weight is 393 g/mol. The number of hydrogen-bond donors (Lipinski definition) is 2. The van der Waals surface area contributed by atoms with E-state index in [-0.39, 0.29) is 13.2 Å². The molecule has 0 heterocycles. The van der Waals surface area contributed by atoms with Crippen molar-refractivity contribution in [1.29, 1.82) is 0 Å². The highest BCUT2D eigenvalue weighted by atomic mass is 32.2. The fourth-order valence-electron chi connectivity index (χ4n) is 3.08. The molecule has 0 saturated heterocycles. The van der Waals surface area contributed by atoms with E-state index in [1.807, 2.05) is 12.1 Å². The zero-order valence-electron chi connectivity index (χ0n) is 15.8. The van der Waals surface area contributed by atoms with Crippen LogP contribution in [0, 0.1) is 0 Å². The standard InChI is InChI=1S/C20H28N2O4S/c1-3-25-19(21,17-11-7-5-8-12-17)15-27(23,24)16-20(22,26-4-2)18-13-9-6-10-14-18/h5-14H,3-4,15-16,21-22H2,1-2H3. The third-order valence-corrected chi connectivity index (χ3v) is 5.93. The molecule has 0 aliphatic rings. The predicted octanol–water partition coefficient (Wildman–Crippen LogP) is 2.10. The van der Waals surface area contributed by atoms with E-state index in [2.05, 4.69) is 0 Å². The van der Waals surface area contributed by atoms with Crippen LogP contribution in [0.4, 0.5) is 0 Å². The number of rotatable bonds is 10. The van der Waals surface area contributed by atoms with E-state index in [0.29, 0.717) is 11.1 Å². The number of benzene rings is 2. The normalized spacial score (nSPS) is 16.4. The van der Waals surface area contributed by atoms with Crippen LogP contribution in [-0.2, 0) is 30.8 Å². The molecular formula is C20H28N2O4S. The van der Waals surface area contributed by atoms with Crippen LogP contribution in [0.5, 0.6) is 0 Å². The Balaban J connectivity index is 2.32. The van der Waals surface area contributed by atoms with E-state index in [0.717, 1.165) is 0 Å². The van der Waals surface area contributed by atoms with Gasteiger partial charge in [0.2, 0.25) is 0 Å². The lowest BCUT2D eigenvalue weighted by molar-refractivity contribution is -0.0270. The molecule has 0 fully saturated rings. The van der Waals surface area contributed by atoms with Gasteiger partial charge >= 0.3 is 0 Å². The maximum absolute atomic E-state index is 13.0. The molecule has 2 rings (SSSR count). The third kappa shape index (κ3) is 5.60. The predicted molar refractivity (Wildman–Crippen MR) is 107 cm³/mol. The molecule has 148 valence electrons. The first kappa shape index (κ1) is 21.5. The molecule has 0 saturated carbocycles. The third-order valence-electron chi connectivity index (χ3n) is 4.20. The quantitative estimate of drug-likeness (QED) is 0.600. The molecule has 0 aromatic heterocycles. The summed E-state index contributed by atoms with van der Waals surface area (Å²) in [5, 5.41) is 0. The molecule has 0 spiro atoms. The largest absolute Gasteiger partial charge is 0.356 e. The molecule has 4 N–H and O–H groups in total. The Morgan fingerprint density at radius 1 is 0.741 bits per heavy atom. The van der Waals surface area contributed by atoms with Crippen LogP contribution in [0.2, 0.25) is 0 Å². The van der Waals surface area contributed by atoms with Gasteiger partial charge in [0.25, 0.3) is 0 Å². The van der Waals surface area contributed by atoms with Crippen LogP contribution >= 0.6 is 0 Å². The monoisotopic (exact) mass is 392 g/mol. The van der Waals surface area contributed by atoms with E-state index in [1.165, 1.54) is 0 Å². The van der Waals surface area contributed by atoms with Gasteiger partial charge in [-0.1, -0.05) is 60.7 Å². The van der Waals surface area contributed by atoms with E-state index < -0.39 is 32.8 Å². The van der Waals surface area contributed by atoms with Crippen LogP contribution in [-0.4, -0.2) is 33.1 Å². The average Bonchev–Trinajstić information content (AvgIpc) is 2.62. The van der Waals surface area contributed by atoms with Crippen LogP contribution in [0.15, 0.2) is 60.7 Å². The summed E-state index contributed by atoms with van der Waals surface area (Å²) in [5.74, 6) is -0.812. The lowest BCUT2D eigenvalue weighted by Gasteiger charge is -2.33. The molecule has 2 aromatic carbocycles. The van der Waals surface area contributed by atoms with Gasteiger partial charge in [-0.15, -0.1) is 0 Å². The zero-order chi connectivity index (χ0) is 20.0. The molecule has 0 amide bonds. The summed E-state index contributed by atoms with van der Waals surface area (Å²) < 4.78 is 37.4. The molecule has 6 nitrogen and oxygen atoms in total. The highest BCUT2D eigenvalue weighted by molar-refractivity contribution is 7.91. The van der Waals surface area contributed by atoms with Crippen molar-refractivity contribution in [2.45, 2.75) is 25.3 Å². The first-order chi connectivity index (χ1) is 12.7. The van der Waals surface area contributed by atoms with Crippen molar-refractivity contribution in [3.8, 4) is 0 Å². The Bertz CT molecular complexity index is 751. The van der Waals surface area contributed by atoms with Gasteiger partial charge in [0, 0.05) is 13.2 Å². The first-order valence-corrected chi connectivity index (χ1v) is 10.7. The van der Waals surface area contributed by atoms with Crippen molar-refractivity contribution >= 4 is 9.84 Å². The molecule has 0 radical (unpaired) electrons. The van der Waals surface area contributed by atoms with Crippen LogP contribution in [0.1, 0.15) is 25.0 Å². The molecule has 7 heteroatoms. The minimum absolute atomic E-state index is 0.277. The van der Waals surface area contributed by atoms with Gasteiger partial charge in [-0.3, -0.25) is 11.5 Å². The summed E-state index contributed by atoms with van der Waals surface area (Å²) in [7, 11) is -3.74. The van der Waals surface area contributed by atoms with Gasteiger partial charge < -0.3 is 9.47 Å². The van der Waals surface area contributed by atoms with Gasteiger partial charge in [0.05, 0.1) is 11.5 Å². The first-order valence-electron chi connectivity index (χ1n) is 8.92. The summed E-state index contributed by atoms with van der Waals surface area (Å²) in [6.45, 7) is 4.10. The number of ether oxygens (including phenoxy) is 2. The van der Waals surface area contributed by atoms with Crippen molar-refractivity contribution < 1.29 is 17.9 Å². The Kier molecular flexibility index (Phi) is 7.13. The minimum Gasteiger partial charge on any atom is -0.356 e. The van der Waals surface area contributed by atoms with Gasteiger partial charge in [-0.05, 0) is 25.0 Å². The van der Waals surface area contributed by atoms with Gasteiger partial charge in [-0.2, -0.15) is 0 Å². The van der Waals surface area contributed by atoms with E-state index in [4.69, 9.17) is 20.9 Å². The van der Waals surface area contributed by atoms with Crippen LogP contribution in [0.3, 0.4) is 0 Å². The summed E-state index contributed by atoms with van der Waals surface area (Å²) in [5.41, 5.74) is 11.0. The second-order valence-corrected chi connectivity index (χ2v) is 8.47. The van der Waals surface area contributed by atoms with Crippen molar-refractivity contribution in [3.63, 3.8) is 0 Å². The van der Waals surface area contributed by atoms with Crippen molar-refractivity contribution in [3.05, 3.63) is 71.8 Å². The summed E-state index contributed by atoms with van der Waals surface area (Å²) in [6.07, 6.45) is 0. The lowest BCUT2D eigenvalue weighted by Crippen LogP contribution is -2.51. The van der Waals surface area contributed by atoms with E-state index >= 15 is 0 Å². The number of nitrogens with two attached hydrogens (primary N) is 2. The summed E-state index contributed by atoms with van der Waals surface area (Å²) in [4.78, 5) is 0. The zero-order valence-corrected chi connectivity index (χ0v) is 16.6. The summed E-state index contributed by atoms with van der Waals surface area (Å²) in [6, 6.07) is 17.8. The maximum atomic E-state index is 13.0. The van der Waals surface area contributed by atoms with Crippen LogP contribution in [0.25, 0.3) is 0 Å².